The van der Waals surface area contributed by atoms with Crippen LogP contribution in [-0.2, 0) is 11.8 Å². The molecule has 1 aliphatic carbocycles. The fraction of sp³-hybridized carbons (Fsp3) is 0.867. The molecule has 0 spiro atoms. The third-order valence-electron chi connectivity index (χ3n) is 3.99. The van der Waals surface area contributed by atoms with Crippen LogP contribution in [0.4, 0.5) is 0 Å². The van der Waals surface area contributed by atoms with E-state index in [0.29, 0.717) is 5.41 Å². The summed E-state index contributed by atoms with van der Waals surface area (Å²) in [7, 11) is 0. The highest BCUT2D eigenvalue weighted by Gasteiger charge is 2.33. The number of hydrogen-bond donors (Lipinski definition) is 1. The summed E-state index contributed by atoms with van der Waals surface area (Å²) in [5.41, 5.74) is 0.325. The topological polar surface area (TPSA) is 37.8 Å². The van der Waals surface area contributed by atoms with Crippen molar-refractivity contribution in [2.75, 3.05) is 13.1 Å². The first-order chi connectivity index (χ1) is 9.10. The second-order valence-corrected chi connectivity index (χ2v) is 7.53. The Hall–Kier alpha value is -0.480. The van der Waals surface area contributed by atoms with Gasteiger partial charge in [-0.2, -0.15) is 0 Å². The predicted octanol–water partition coefficient (Wildman–Crippen LogP) is 3.55. The van der Waals surface area contributed by atoms with Crippen molar-refractivity contribution < 1.29 is 0 Å². The summed E-state index contributed by atoms with van der Waals surface area (Å²) in [4.78, 5) is 0. The average Bonchev–Trinajstić information content (AvgIpc) is 2.98. The molecule has 0 aliphatic heterocycles. The third kappa shape index (κ3) is 4.25. The molecule has 1 N–H and O–H groups in total. The molecule has 4 heteroatoms. The fourth-order valence-corrected chi connectivity index (χ4v) is 3.81. The lowest BCUT2D eigenvalue weighted by atomic mass is 9.90. The van der Waals surface area contributed by atoms with E-state index >= 15 is 0 Å². The highest BCUT2D eigenvalue weighted by atomic mass is 32.1. The molecular weight excluding hydrogens is 254 g/mol. The van der Waals surface area contributed by atoms with Crippen LogP contribution in [0.25, 0.3) is 0 Å². The minimum Gasteiger partial charge on any atom is -0.316 e. The Morgan fingerprint density at radius 3 is 2.68 bits per heavy atom. The maximum atomic E-state index is 4.45. The molecular formula is C15H27N3S. The van der Waals surface area contributed by atoms with Gasteiger partial charge in [0.05, 0.1) is 0 Å². The molecule has 1 saturated carbocycles. The Morgan fingerprint density at radius 2 is 2.00 bits per heavy atom. The van der Waals surface area contributed by atoms with Crippen molar-refractivity contribution in [2.45, 2.75) is 64.7 Å². The second kappa shape index (κ2) is 6.80. The molecule has 0 bridgehead atoms. The zero-order chi connectivity index (χ0) is 13.7. The summed E-state index contributed by atoms with van der Waals surface area (Å²) in [5.74, 6) is 0.732. The molecule has 0 unspecified atom stereocenters. The van der Waals surface area contributed by atoms with Crippen LogP contribution in [0, 0.1) is 5.92 Å². The maximum absolute atomic E-state index is 4.45. The van der Waals surface area contributed by atoms with Crippen molar-refractivity contribution in [1.29, 1.82) is 0 Å². The van der Waals surface area contributed by atoms with Crippen molar-refractivity contribution in [2.24, 2.45) is 5.92 Å². The number of hydrogen-bond acceptors (Lipinski definition) is 4. The van der Waals surface area contributed by atoms with Crippen molar-refractivity contribution in [3.05, 3.63) is 10.0 Å². The minimum absolute atomic E-state index is 0.325. The van der Waals surface area contributed by atoms with E-state index in [1.807, 2.05) is 11.3 Å². The molecule has 0 saturated heterocycles. The lowest BCUT2D eigenvalue weighted by molar-refractivity contribution is 0.483. The van der Waals surface area contributed by atoms with E-state index in [2.05, 4.69) is 36.3 Å². The van der Waals surface area contributed by atoms with Gasteiger partial charge in [0.2, 0.25) is 0 Å². The van der Waals surface area contributed by atoms with E-state index in [1.165, 1.54) is 35.7 Å². The number of rotatable bonds is 7. The Bertz CT molecular complexity index is 380. The molecule has 108 valence electrons. The highest BCUT2D eigenvalue weighted by Crippen LogP contribution is 2.41. The van der Waals surface area contributed by atoms with Gasteiger partial charge in [-0.15, -0.1) is 21.5 Å². The smallest absolute Gasteiger partial charge is 0.123 e. The lowest BCUT2D eigenvalue weighted by Gasteiger charge is -2.18. The monoisotopic (exact) mass is 281 g/mol. The summed E-state index contributed by atoms with van der Waals surface area (Å²) in [6, 6.07) is 0. The number of nitrogens with one attached hydrogen (secondary N) is 1. The van der Waals surface area contributed by atoms with Gasteiger partial charge >= 0.3 is 0 Å². The van der Waals surface area contributed by atoms with Gasteiger partial charge in [0.1, 0.15) is 10.0 Å². The predicted molar refractivity (Wildman–Crippen MR) is 81.8 cm³/mol. The van der Waals surface area contributed by atoms with Gasteiger partial charge in [-0.3, -0.25) is 0 Å². The van der Waals surface area contributed by atoms with Gasteiger partial charge < -0.3 is 5.32 Å². The highest BCUT2D eigenvalue weighted by molar-refractivity contribution is 7.11. The molecule has 0 amide bonds. The zero-order valence-corrected chi connectivity index (χ0v) is 13.4. The first kappa shape index (κ1) is 14.9. The van der Waals surface area contributed by atoms with Gasteiger partial charge in [0, 0.05) is 11.8 Å². The zero-order valence-electron chi connectivity index (χ0n) is 12.5. The standard InChI is InChI=1S/C15H27N3S/c1-12(2)11-16-10-6-7-13-17-18-14(19-13)15(3)8-4-5-9-15/h12,16H,4-11H2,1-3H3. The number of nitrogens with zero attached hydrogens (tertiary/aromatic N) is 2. The Kier molecular flexibility index (Phi) is 5.34. The summed E-state index contributed by atoms with van der Waals surface area (Å²) in [6.07, 6.45) is 7.52. The Morgan fingerprint density at radius 1 is 1.26 bits per heavy atom. The number of aryl methyl sites for hydroxylation is 1. The van der Waals surface area contributed by atoms with E-state index in [4.69, 9.17) is 0 Å². The first-order valence-corrected chi connectivity index (χ1v) is 8.45. The van der Waals surface area contributed by atoms with E-state index in [-0.39, 0.29) is 0 Å². The van der Waals surface area contributed by atoms with Crippen molar-refractivity contribution in [3.8, 4) is 0 Å². The normalized spacial score (nSPS) is 18.3. The van der Waals surface area contributed by atoms with Crippen LogP contribution >= 0.6 is 11.3 Å². The fourth-order valence-electron chi connectivity index (χ4n) is 2.72. The quantitative estimate of drug-likeness (QED) is 0.777. The van der Waals surface area contributed by atoms with E-state index < -0.39 is 0 Å². The van der Waals surface area contributed by atoms with E-state index in [0.717, 1.165) is 31.8 Å². The molecule has 1 heterocycles. The van der Waals surface area contributed by atoms with Crippen LogP contribution in [-0.4, -0.2) is 23.3 Å². The van der Waals surface area contributed by atoms with Crippen molar-refractivity contribution in [1.82, 2.24) is 15.5 Å². The molecule has 1 aliphatic rings. The van der Waals surface area contributed by atoms with Crippen LogP contribution < -0.4 is 5.32 Å². The molecule has 2 rings (SSSR count). The van der Waals surface area contributed by atoms with Crippen LogP contribution in [0.2, 0.25) is 0 Å². The van der Waals surface area contributed by atoms with Gasteiger partial charge in [0.25, 0.3) is 0 Å². The van der Waals surface area contributed by atoms with E-state index in [9.17, 15) is 0 Å². The van der Waals surface area contributed by atoms with Gasteiger partial charge in [-0.05, 0) is 38.3 Å². The van der Waals surface area contributed by atoms with E-state index in [1.54, 1.807) is 0 Å². The lowest BCUT2D eigenvalue weighted by Crippen LogP contribution is -2.21. The largest absolute Gasteiger partial charge is 0.316 e. The second-order valence-electron chi connectivity index (χ2n) is 6.47. The summed E-state index contributed by atoms with van der Waals surface area (Å²) in [6.45, 7) is 9.04. The van der Waals surface area contributed by atoms with Crippen molar-refractivity contribution in [3.63, 3.8) is 0 Å². The third-order valence-corrected chi connectivity index (χ3v) is 5.28. The van der Waals surface area contributed by atoms with Gasteiger partial charge in [0.15, 0.2) is 0 Å². The van der Waals surface area contributed by atoms with Gasteiger partial charge in [-0.25, -0.2) is 0 Å². The molecule has 19 heavy (non-hydrogen) atoms. The van der Waals surface area contributed by atoms with Crippen LogP contribution in [0.3, 0.4) is 0 Å². The molecule has 1 aromatic rings. The summed E-state index contributed by atoms with van der Waals surface area (Å²) < 4.78 is 0. The minimum atomic E-state index is 0.325. The molecule has 1 aromatic heterocycles. The van der Waals surface area contributed by atoms with Crippen molar-refractivity contribution >= 4 is 11.3 Å². The van der Waals surface area contributed by atoms with Crippen LogP contribution in [0.1, 0.15) is 62.9 Å². The Labute approximate surface area is 121 Å². The molecule has 0 radical (unpaired) electrons. The SMILES string of the molecule is CC(C)CNCCCc1nnc(C2(C)CCCC2)s1. The van der Waals surface area contributed by atoms with Crippen LogP contribution in [0.5, 0.6) is 0 Å². The maximum Gasteiger partial charge on any atom is 0.123 e. The average molecular weight is 281 g/mol. The molecule has 3 nitrogen and oxygen atoms in total. The Balaban J connectivity index is 1.75. The van der Waals surface area contributed by atoms with Crippen LogP contribution in [0.15, 0.2) is 0 Å². The first-order valence-electron chi connectivity index (χ1n) is 7.64. The molecule has 0 aromatic carbocycles. The van der Waals surface area contributed by atoms with Gasteiger partial charge in [-0.1, -0.05) is 33.6 Å². The summed E-state index contributed by atoms with van der Waals surface area (Å²) >= 11 is 1.84. The number of aromatic nitrogens is 2. The summed E-state index contributed by atoms with van der Waals surface area (Å²) in [5, 5.41) is 14.8. The molecule has 1 fully saturated rings. The molecule has 0 atom stereocenters.